The number of rotatable bonds is 6. The molecule has 1 atom stereocenters. The maximum atomic E-state index is 6.20. The monoisotopic (exact) mass is 293 g/mol. The van der Waals surface area contributed by atoms with Gasteiger partial charge in [0.25, 0.3) is 0 Å². The molecule has 1 aromatic rings. The maximum absolute atomic E-state index is 6.20. The van der Waals surface area contributed by atoms with Crippen molar-refractivity contribution in [3.63, 3.8) is 0 Å². The van der Waals surface area contributed by atoms with Crippen LogP contribution >= 0.6 is 0 Å². The van der Waals surface area contributed by atoms with Crippen molar-refractivity contribution in [3.8, 4) is 0 Å². The van der Waals surface area contributed by atoms with Gasteiger partial charge in [0.2, 0.25) is 0 Å². The van der Waals surface area contributed by atoms with Crippen LogP contribution in [-0.2, 0) is 16.0 Å². The Bertz CT molecular complexity index is 410. The fourth-order valence-electron chi connectivity index (χ4n) is 3.83. The number of hydrogen-bond donors (Lipinski definition) is 0. The Hall–Kier alpha value is -0.840. The zero-order chi connectivity index (χ0) is 14.5. The van der Waals surface area contributed by atoms with Crippen molar-refractivity contribution in [1.82, 2.24) is 4.90 Å². The van der Waals surface area contributed by atoms with Crippen LogP contribution in [0.15, 0.2) is 22.8 Å². The van der Waals surface area contributed by atoms with Crippen molar-refractivity contribution < 1.29 is 13.9 Å². The van der Waals surface area contributed by atoms with E-state index in [1.807, 2.05) is 6.07 Å². The first kappa shape index (κ1) is 15.1. The summed E-state index contributed by atoms with van der Waals surface area (Å²) in [5.41, 5.74) is 0.122. The first-order chi connectivity index (χ1) is 10.3. The third-order valence-electron chi connectivity index (χ3n) is 5.08. The molecule has 3 heterocycles. The summed E-state index contributed by atoms with van der Waals surface area (Å²) in [7, 11) is 0. The van der Waals surface area contributed by atoms with Crippen molar-refractivity contribution in [3.05, 3.63) is 24.2 Å². The highest BCUT2D eigenvalue weighted by Gasteiger charge is 2.45. The molecule has 118 valence electrons. The van der Waals surface area contributed by atoms with Gasteiger partial charge in [-0.2, -0.15) is 0 Å². The molecule has 1 spiro atoms. The number of nitrogens with zero attached hydrogens (tertiary/aromatic N) is 1. The Morgan fingerprint density at radius 1 is 1.38 bits per heavy atom. The van der Waals surface area contributed by atoms with Crippen LogP contribution in [0, 0.1) is 5.92 Å². The fraction of sp³-hybridized carbons (Fsp3) is 0.765. The van der Waals surface area contributed by atoms with Crippen LogP contribution in [0.1, 0.15) is 38.4 Å². The van der Waals surface area contributed by atoms with Gasteiger partial charge in [-0.15, -0.1) is 0 Å². The minimum atomic E-state index is 0.122. The van der Waals surface area contributed by atoms with E-state index in [9.17, 15) is 0 Å². The van der Waals surface area contributed by atoms with Gasteiger partial charge >= 0.3 is 0 Å². The van der Waals surface area contributed by atoms with Gasteiger partial charge in [-0.05, 0) is 50.7 Å². The second-order valence-corrected chi connectivity index (χ2v) is 6.24. The Balaban J connectivity index is 1.51. The molecule has 3 rings (SSSR count). The molecule has 4 heteroatoms. The van der Waals surface area contributed by atoms with E-state index in [4.69, 9.17) is 13.9 Å². The molecule has 2 fully saturated rings. The van der Waals surface area contributed by atoms with Gasteiger partial charge in [0, 0.05) is 32.9 Å². The molecule has 1 unspecified atom stereocenters. The summed E-state index contributed by atoms with van der Waals surface area (Å²) >= 11 is 0. The average Bonchev–Trinajstić information content (AvgIpc) is 3.13. The van der Waals surface area contributed by atoms with Crippen LogP contribution in [0.3, 0.4) is 0 Å². The summed E-state index contributed by atoms with van der Waals surface area (Å²) in [6.07, 6.45) is 6.39. The highest BCUT2D eigenvalue weighted by atomic mass is 16.5. The van der Waals surface area contributed by atoms with E-state index in [0.717, 1.165) is 64.5 Å². The first-order valence-corrected chi connectivity index (χ1v) is 8.29. The molecular formula is C17H27NO3. The van der Waals surface area contributed by atoms with Crippen LogP contribution in [0.2, 0.25) is 0 Å². The molecule has 0 aliphatic carbocycles. The highest BCUT2D eigenvalue weighted by Crippen LogP contribution is 2.42. The lowest BCUT2D eigenvalue weighted by Crippen LogP contribution is -2.47. The average molecular weight is 293 g/mol. The predicted molar refractivity (Wildman–Crippen MR) is 81.1 cm³/mol. The van der Waals surface area contributed by atoms with Crippen LogP contribution in [0.4, 0.5) is 0 Å². The van der Waals surface area contributed by atoms with E-state index < -0.39 is 0 Å². The lowest BCUT2D eigenvalue weighted by atomic mass is 9.78. The number of likely N-dealkylation sites (tertiary alicyclic amines) is 1. The molecule has 4 nitrogen and oxygen atoms in total. The van der Waals surface area contributed by atoms with Crippen molar-refractivity contribution >= 4 is 0 Å². The van der Waals surface area contributed by atoms with E-state index in [-0.39, 0.29) is 5.60 Å². The second-order valence-electron chi connectivity index (χ2n) is 6.24. The quantitative estimate of drug-likeness (QED) is 0.755. The second kappa shape index (κ2) is 6.95. The van der Waals surface area contributed by atoms with Crippen LogP contribution in [0.5, 0.6) is 0 Å². The predicted octanol–water partition coefficient (Wildman–Crippen LogP) is 3.08. The van der Waals surface area contributed by atoms with E-state index in [1.165, 1.54) is 6.42 Å². The molecule has 0 N–H and O–H groups in total. The number of ether oxygens (including phenoxy) is 2. The van der Waals surface area contributed by atoms with Gasteiger partial charge in [0.15, 0.2) is 0 Å². The topological polar surface area (TPSA) is 34.8 Å². The van der Waals surface area contributed by atoms with Gasteiger partial charge in [-0.3, -0.25) is 4.90 Å². The third kappa shape index (κ3) is 3.50. The summed E-state index contributed by atoms with van der Waals surface area (Å²) < 4.78 is 17.2. The largest absolute Gasteiger partial charge is 0.468 e. The minimum absolute atomic E-state index is 0.122. The Labute approximate surface area is 127 Å². The highest BCUT2D eigenvalue weighted by molar-refractivity contribution is 5.01. The molecule has 2 saturated heterocycles. The molecule has 2 aliphatic rings. The summed E-state index contributed by atoms with van der Waals surface area (Å²) in [6, 6.07) is 4.02. The Kier molecular flexibility index (Phi) is 4.99. The number of furan rings is 1. The molecule has 0 saturated carbocycles. The molecule has 21 heavy (non-hydrogen) atoms. The van der Waals surface area contributed by atoms with Gasteiger partial charge in [0.1, 0.15) is 5.76 Å². The molecular weight excluding hydrogens is 266 g/mol. The number of hydrogen-bond acceptors (Lipinski definition) is 4. The maximum Gasteiger partial charge on any atom is 0.117 e. The van der Waals surface area contributed by atoms with Crippen LogP contribution in [-0.4, -0.2) is 43.4 Å². The molecule has 0 bridgehead atoms. The first-order valence-electron chi connectivity index (χ1n) is 8.29. The standard InChI is InChI=1S/C17H27NO3/c1-2-19-12-5-15-6-13-21-17(15)7-9-18(10-8-17)14-16-4-3-11-20-16/h3-4,11,15H,2,5-10,12-14H2,1H3. The van der Waals surface area contributed by atoms with Crippen LogP contribution < -0.4 is 0 Å². The lowest BCUT2D eigenvalue weighted by molar-refractivity contribution is -0.0734. The van der Waals surface area contributed by atoms with Gasteiger partial charge in [-0.25, -0.2) is 0 Å². The molecule has 0 aromatic carbocycles. The summed E-state index contributed by atoms with van der Waals surface area (Å²) in [4.78, 5) is 2.48. The smallest absolute Gasteiger partial charge is 0.117 e. The van der Waals surface area contributed by atoms with E-state index in [1.54, 1.807) is 6.26 Å². The zero-order valence-corrected chi connectivity index (χ0v) is 13.1. The van der Waals surface area contributed by atoms with Crippen molar-refractivity contribution in [2.24, 2.45) is 5.92 Å². The Morgan fingerprint density at radius 2 is 2.24 bits per heavy atom. The molecule has 0 radical (unpaired) electrons. The van der Waals surface area contributed by atoms with Crippen molar-refractivity contribution in [2.45, 2.75) is 44.8 Å². The zero-order valence-electron chi connectivity index (χ0n) is 13.1. The molecule has 2 aliphatic heterocycles. The summed E-state index contributed by atoms with van der Waals surface area (Å²) in [5, 5.41) is 0. The van der Waals surface area contributed by atoms with Gasteiger partial charge in [0.05, 0.1) is 18.4 Å². The molecule has 1 aromatic heterocycles. The van der Waals surface area contributed by atoms with Gasteiger partial charge in [-0.1, -0.05) is 0 Å². The van der Waals surface area contributed by atoms with E-state index in [2.05, 4.69) is 17.9 Å². The Morgan fingerprint density at radius 3 is 2.95 bits per heavy atom. The lowest BCUT2D eigenvalue weighted by Gasteiger charge is -2.42. The van der Waals surface area contributed by atoms with Crippen molar-refractivity contribution in [2.75, 3.05) is 32.9 Å². The third-order valence-corrected chi connectivity index (χ3v) is 5.08. The fourth-order valence-corrected chi connectivity index (χ4v) is 3.83. The van der Waals surface area contributed by atoms with E-state index >= 15 is 0 Å². The summed E-state index contributed by atoms with van der Waals surface area (Å²) in [6.45, 7) is 7.81. The SMILES string of the molecule is CCOCCC1CCOC12CCN(Cc1ccco1)CC2. The van der Waals surface area contributed by atoms with Gasteiger partial charge < -0.3 is 13.9 Å². The summed E-state index contributed by atoms with van der Waals surface area (Å²) in [5.74, 6) is 1.74. The normalized spacial score (nSPS) is 25.7. The molecule has 0 amide bonds. The number of piperidine rings is 1. The van der Waals surface area contributed by atoms with Crippen LogP contribution in [0.25, 0.3) is 0 Å². The van der Waals surface area contributed by atoms with Crippen molar-refractivity contribution in [1.29, 1.82) is 0 Å². The minimum Gasteiger partial charge on any atom is -0.468 e. The van der Waals surface area contributed by atoms with E-state index in [0.29, 0.717) is 5.92 Å².